The minimum atomic E-state index is 0.271. The number of allylic oxidation sites excluding steroid dienone is 4. The van der Waals surface area contributed by atoms with Crippen molar-refractivity contribution >= 4 is 0 Å². The number of nitrogens with zero attached hydrogens (tertiary/aromatic N) is 2. The van der Waals surface area contributed by atoms with Crippen molar-refractivity contribution < 1.29 is 4.74 Å². The van der Waals surface area contributed by atoms with Crippen LogP contribution in [0.1, 0.15) is 72.6 Å². The molecule has 1 heterocycles. The topological polar surface area (TPSA) is 15.7 Å². The van der Waals surface area contributed by atoms with E-state index in [1.165, 1.54) is 44.9 Å². The molecule has 0 spiro atoms. The van der Waals surface area contributed by atoms with Crippen molar-refractivity contribution in [3.63, 3.8) is 0 Å². The molecule has 31 heavy (non-hydrogen) atoms. The predicted octanol–water partition coefficient (Wildman–Crippen LogP) is 5.73. The second-order valence-corrected chi connectivity index (χ2v) is 12.8. The van der Waals surface area contributed by atoms with Crippen molar-refractivity contribution in [3.8, 4) is 0 Å². The van der Waals surface area contributed by atoms with Crippen LogP contribution in [0.4, 0.5) is 0 Å². The molecule has 3 nitrogen and oxygen atoms in total. The lowest BCUT2D eigenvalue weighted by atomic mass is 9.51. The van der Waals surface area contributed by atoms with E-state index in [1.54, 1.807) is 11.1 Å². The number of ether oxygens (including phenoxy) is 1. The lowest BCUT2D eigenvalue weighted by Gasteiger charge is -2.55. The van der Waals surface area contributed by atoms with E-state index in [0.29, 0.717) is 28.8 Å². The molecule has 0 unspecified atom stereocenters. The Kier molecular flexibility index (Phi) is 5.32. The van der Waals surface area contributed by atoms with Gasteiger partial charge < -0.3 is 9.64 Å². The molecular formula is C28H46N2O. The summed E-state index contributed by atoms with van der Waals surface area (Å²) in [5, 5.41) is 0. The molecule has 0 amide bonds. The summed E-state index contributed by atoms with van der Waals surface area (Å²) in [5.41, 5.74) is 4.56. The number of hydrogen-bond acceptors (Lipinski definition) is 3. The maximum atomic E-state index is 6.11. The molecule has 0 radical (unpaired) electrons. The minimum absolute atomic E-state index is 0.271. The lowest BCUT2D eigenvalue weighted by Crippen LogP contribution is -2.58. The van der Waals surface area contributed by atoms with Gasteiger partial charge in [-0.15, -0.1) is 0 Å². The van der Waals surface area contributed by atoms with Crippen LogP contribution in [0, 0.1) is 34.0 Å². The normalized spacial score (nSPS) is 48.6. The van der Waals surface area contributed by atoms with Crippen molar-refractivity contribution in [3.05, 3.63) is 23.3 Å². The van der Waals surface area contributed by atoms with Gasteiger partial charge in [-0.25, -0.2) is 0 Å². The molecule has 0 bridgehead atoms. The van der Waals surface area contributed by atoms with Gasteiger partial charge in [0.2, 0.25) is 0 Å². The number of hydrogen-bond donors (Lipinski definition) is 0. The molecule has 3 fully saturated rings. The Bertz CT molecular complexity index is 786. The van der Waals surface area contributed by atoms with Gasteiger partial charge in [0.05, 0.1) is 13.3 Å². The summed E-state index contributed by atoms with van der Waals surface area (Å²) in [6.45, 7) is 12.1. The van der Waals surface area contributed by atoms with E-state index in [2.05, 4.69) is 70.8 Å². The molecule has 2 saturated carbocycles. The quantitative estimate of drug-likeness (QED) is 0.561. The molecule has 3 heteroatoms. The van der Waals surface area contributed by atoms with Gasteiger partial charge in [-0.05, 0) is 107 Å². The fraction of sp³-hybridized carbons (Fsp3) is 0.857. The molecule has 8 atom stereocenters. The van der Waals surface area contributed by atoms with Crippen LogP contribution in [0.15, 0.2) is 23.3 Å². The van der Waals surface area contributed by atoms with Crippen LogP contribution in [-0.2, 0) is 4.74 Å². The first kappa shape index (κ1) is 22.2. The molecule has 1 aliphatic heterocycles. The maximum Gasteiger partial charge on any atom is 0.0990 e. The summed E-state index contributed by atoms with van der Waals surface area (Å²) < 4.78 is 6.11. The third kappa shape index (κ3) is 3.02. The first-order chi connectivity index (χ1) is 14.6. The van der Waals surface area contributed by atoms with E-state index >= 15 is 0 Å². The Morgan fingerprint density at radius 2 is 1.81 bits per heavy atom. The van der Waals surface area contributed by atoms with Crippen molar-refractivity contribution in [1.29, 1.82) is 0 Å². The second kappa shape index (κ2) is 7.43. The smallest absolute Gasteiger partial charge is 0.0990 e. The van der Waals surface area contributed by atoms with Gasteiger partial charge in [0.15, 0.2) is 0 Å². The second-order valence-electron chi connectivity index (χ2n) is 12.8. The van der Waals surface area contributed by atoms with Gasteiger partial charge >= 0.3 is 0 Å². The highest BCUT2D eigenvalue weighted by atomic mass is 16.5. The molecule has 0 N–H and O–H groups in total. The van der Waals surface area contributed by atoms with Gasteiger partial charge in [0, 0.05) is 17.5 Å². The van der Waals surface area contributed by atoms with Gasteiger partial charge in [-0.2, -0.15) is 0 Å². The highest BCUT2D eigenvalue weighted by Crippen LogP contribution is 2.68. The van der Waals surface area contributed by atoms with Gasteiger partial charge in [0.1, 0.15) is 0 Å². The van der Waals surface area contributed by atoms with Gasteiger partial charge in [-0.1, -0.05) is 38.5 Å². The molecule has 0 aromatic heterocycles. The maximum absolute atomic E-state index is 6.11. The van der Waals surface area contributed by atoms with E-state index in [4.69, 9.17) is 4.74 Å². The van der Waals surface area contributed by atoms with E-state index in [0.717, 1.165) is 25.2 Å². The molecule has 5 rings (SSSR count). The van der Waals surface area contributed by atoms with Gasteiger partial charge in [0.25, 0.3) is 0 Å². The summed E-state index contributed by atoms with van der Waals surface area (Å²) >= 11 is 0. The molecule has 0 aromatic rings. The van der Waals surface area contributed by atoms with Crippen LogP contribution in [-0.4, -0.2) is 56.4 Å². The highest BCUT2D eigenvalue weighted by molar-refractivity contribution is 5.37. The Hall–Kier alpha value is -0.640. The zero-order valence-electron chi connectivity index (χ0n) is 21.2. The Morgan fingerprint density at radius 3 is 2.55 bits per heavy atom. The Balaban J connectivity index is 1.48. The molecule has 1 saturated heterocycles. The Labute approximate surface area is 191 Å². The lowest BCUT2D eigenvalue weighted by molar-refractivity contribution is -0.143. The van der Waals surface area contributed by atoms with E-state index in [-0.39, 0.29) is 5.41 Å². The number of fused-ring (bicyclic) bond motifs is 6. The molecule has 4 aliphatic carbocycles. The van der Waals surface area contributed by atoms with Crippen molar-refractivity contribution in [2.45, 2.75) is 84.7 Å². The fourth-order valence-electron chi connectivity index (χ4n) is 9.18. The van der Waals surface area contributed by atoms with Crippen LogP contribution in [0.3, 0.4) is 0 Å². The fourth-order valence-corrected chi connectivity index (χ4v) is 9.18. The first-order valence-electron chi connectivity index (χ1n) is 13.0. The van der Waals surface area contributed by atoms with Gasteiger partial charge in [-0.3, -0.25) is 4.90 Å². The SMILES string of the molecule is C[C@@H]([C@H]1CC[C@@]2(C)[C@@H]3CC[C@@H]4C(=CC3=CC[C@]12C)CC[C@@H]1N(C)COC[C@]41C)N(C)C. The summed E-state index contributed by atoms with van der Waals surface area (Å²) in [6.07, 6.45) is 14.7. The summed E-state index contributed by atoms with van der Waals surface area (Å²) in [6, 6.07) is 1.33. The third-order valence-electron chi connectivity index (χ3n) is 11.5. The van der Waals surface area contributed by atoms with E-state index in [1.807, 2.05) is 0 Å². The van der Waals surface area contributed by atoms with Crippen molar-refractivity contribution in [1.82, 2.24) is 9.80 Å². The first-order valence-corrected chi connectivity index (χ1v) is 13.0. The summed E-state index contributed by atoms with van der Waals surface area (Å²) in [5.74, 6) is 2.21. The van der Waals surface area contributed by atoms with Crippen molar-refractivity contribution in [2.24, 2.45) is 34.0 Å². The van der Waals surface area contributed by atoms with Crippen LogP contribution in [0.2, 0.25) is 0 Å². The third-order valence-corrected chi connectivity index (χ3v) is 11.5. The standard InChI is InChI=1S/C28H46N2O/c1-19(29(5)6)22-13-15-28(4)24-10-9-23-20(16-21(24)12-14-27(22,28)3)8-11-25-26(23,2)17-31-18-30(25)7/h12,16,19,22-25H,8-11,13-15,17-18H2,1-7H3/t19-,22+,23+,24+,25-,26+,27+,28-/m0/s1. The summed E-state index contributed by atoms with van der Waals surface area (Å²) in [4.78, 5) is 4.95. The van der Waals surface area contributed by atoms with Crippen LogP contribution in [0.5, 0.6) is 0 Å². The van der Waals surface area contributed by atoms with Crippen LogP contribution >= 0.6 is 0 Å². The largest absolute Gasteiger partial charge is 0.365 e. The van der Waals surface area contributed by atoms with Crippen LogP contribution in [0.25, 0.3) is 0 Å². The average Bonchev–Trinajstić information content (AvgIpc) is 2.86. The molecule has 0 aromatic carbocycles. The molecule has 5 aliphatic rings. The minimum Gasteiger partial charge on any atom is -0.365 e. The average molecular weight is 427 g/mol. The molecular weight excluding hydrogens is 380 g/mol. The Morgan fingerprint density at radius 1 is 1.06 bits per heavy atom. The highest BCUT2D eigenvalue weighted by Gasteiger charge is 2.61. The monoisotopic (exact) mass is 426 g/mol. The zero-order valence-corrected chi connectivity index (χ0v) is 21.2. The van der Waals surface area contributed by atoms with Crippen molar-refractivity contribution in [2.75, 3.05) is 34.5 Å². The van der Waals surface area contributed by atoms with E-state index < -0.39 is 0 Å². The molecule has 174 valence electrons. The number of rotatable bonds is 2. The summed E-state index contributed by atoms with van der Waals surface area (Å²) in [7, 11) is 6.82. The van der Waals surface area contributed by atoms with Crippen LogP contribution < -0.4 is 0 Å². The predicted molar refractivity (Wildman–Crippen MR) is 129 cm³/mol. The van der Waals surface area contributed by atoms with E-state index in [9.17, 15) is 0 Å². The zero-order chi connectivity index (χ0) is 22.2.